The monoisotopic (exact) mass is 218 g/mol. The number of rotatable bonds is 2. The molecule has 0 atom stereocenters. The summed E-state index contributed by atoms with van der Waals surface area (Å²) in [6.07, 6.45) is 1.74. The van der Waals surface area contributed by atoms with Crippen molar-refractivity contribution in [2.24, 2.45) is 0 Å². The highest BCUT2D eigenvalue weighted by Crippen LogP contribution is 2.26. The van der Waals surface area contributed by atoms with Gasteiger partial charge in [-0.15, -0.1) is 0 Å². The second-order valence-corrected chi connectivity index (χ2v) is 3.51. The number of carbonyl (C=O) groups excluding carboxylic acids is 1. The summed E-state index contributed by atoms with van der Waals surface area (Å²) in [5, 5.41) is 0. The smallest absolute Gasteiger partial charge is 0.340 e. The lowest BCUT2D eigenvalue weighted by Gasteiger charge is -2.08. The molecular formula is C12H12NO3+. The zero-order chi connectivity index (χ0) is 11.5. The van der Waals surface area contributed by atoms with Crippen molar-refractivity contribution >= 4 is 11.7 Å². The number of carbonyl (C=O) groups is 1. The maximum absolute atomic E-state index is 11.6. The highest BCUT2D eigenvalue weighted by molar-refractivity contribution is 5.89. The zero-order valence-electron chi connectivity index (χ0n) is 8.97. The Morgan fingerprint density at radius 3 is 2.94 bits per heavy atom. The second-order valence-electron chi connectivity index (χ2n) is 3.51. The van der Waals surface area contributed by atoms with Gasteiger partial charge in [-0.25, -0.2) is 4.79 Å². The molecule has 1 aliphatic rings. The largest absolute Gasteiger partial charge is 0.462 e. The molecule has 1 aromatic carbocycles. The number of benzene rings is 1. The highest BCUT2D eigenvalue weighted by atomic mass is 16.5. The van der Waals surface area contributed by atoms with Crippen molar-refractivity contribution in [1.82, 2.24) is 0 Å². The first-order chi connectivity index (χ1) is 7.72. The average Bonchev–Trinajstić information content (AvgIpc) is 2.29. The van der Waals surface area contributed by atoms with Crippen molar-refractivity contribution in [3.8, 4) is 0 Å². The highest BCUT2D eigenvalue weighted by Gasteiger charge is 2.28. The quantitative estimate of drug-likeness (QED) is 0.564. The molecule has 2 rings (SSSR count). The van der Waals surface area contributed by atoms with Gasteiger partial charge in [0, 0.05) is 23.0 Å². The van der Waals surface area contributed by atoms with Crippen LogP contribution >= 0.6 is 0 Å². The van der Waals surface area contributed by atoms with E-state index >= 15 is 0 Å². The number of nitroso groups, excluding NO2 is 1. The van der Waals surface area contributed by atoms with E-state index in [1.807, 2.05) is 12.1 Å². The Balaban J connectivity index is 2.30. The summed E-state index contributed by atoms with van der Waals surface area (Å²) in [6.45, 7) is 2.06. The SMILES string of the molecule is CCOC(=O)C1=C[N+](=O)c2ccccc2C1. The molecule has 4 nitrogen and oxygen atoms in total. The number of hydrogen-bond donors (Lipinski definition) is 0. The maximum atomic E-state index is 11.6. The summed E-state index contributed by atoms with van der Waals surface area (Å²) in [6, 6.07) is 7.22. The van der Waals surface area contributed by atoms with Crippen LogP contribution in [0, 0.1) is 4.91 Å². The molecule has 0 spiro atoms. The van der Waals surface area contributed by atoms with E-state index in [1.54, 1.807) is 19.1 Å². The van der Waals surface area contributed by atoms with Crippen LogP contribution in [0.5, 0.6) is 0 Å². The third-order valence-electron chi connectivity index (χ3n) is 2.42. The Morgan fingerprint density at radius 2 is 2.19 bits per heavy atom. The predicted octanol–water partition coefficient (Wildman–Crippen LogP) is 2.10. The Labute approximate surface area is 93.1 Å². The topological polar surface area (TPSA) is 46.4 Å². The number of esters is 1. The Morgan fingerprint density at radius 1 is 1.44 bits per heavy atom. The van der Waals surface area contributed by atoms with Gasteiger partial charge in [-0.3, -0.25) is 0 Å². The first kappa shape index (κ1) is 10.5. The number of para-hydroxylation sites is 1. The third-order valence-corrected chi connectivity index (χ3v) is 2.42. The van der Waals surface area contributed by atoms with Crippen LogP contribution in [0.2, 0.25) is 0 Å². The first-order valence-electron chi connectivity index (χ1n) is 5.14. The van der Waals surface area contributed by atoms with E-state index in [4.69, 9.17) is 4.74 Å². The summed E-state index contributed by atoms with van der Waals surface area (Å²) in [5.41, 5.74) is 1.84. The van der Waals surface area contributed by atoms with Gasteiger partial charge in [-0.1, -0.05) is 18.2 Å². The molecule has 0 saturated carbocycles. The van der Waals surface area contributed by atoms with E-state index in [2.05, 4.69) is 0 Å². The molecule has 82 valence electrons. The van der Waals surface area contributed by atoms with Crippen molar-refractivity contribution in [1.29, 1.82) is 0 Å². The zero-order valence-corrected chi connectivity index (χ0v) is 8.97. The molecule has 0 fully saturated rings. The van der Waals surface area contributed by atoms with Gasteiger partial charge >= 0.3 is 5.97 Å². The van der Waals surface area contributed by atoms with Gasteiger partial charge in [-0.2, -0.15) is 0 Å². The van der Waals surface area contributed by atoms with Gasteiger partial charge in [0.2, 0.25) is 6.20 Å². The summed E-state index contributed by atoms with van der Waals surface area (Å²) in [4.78, 5) is 23.1. The molecule has 1 aliphatic heterocycles. The first-order valence-corrected chi connectivity index (χ1v) is 5.14. The molecule has 0 unspecified atom stereocenters. The molecular weight excluding hydrogens is 206 g/mol. The molecule has 0 amide bonds. The molecule has 0 bridgehead atoms. The summed E-state index contributed by atoms with van der Waals surface area (Å²) < 4.78 is 5.59. The van der Waals surface area contributed by atoms with Crippen LogP contribution in [0.3, 0.4) is 0 Å². The maximum Gasteiger partial charge on any atom is 0.340 e. The van der Waals surface area contributed by atoms with Crippen molar-refractivity contribution in [3.05, 3.63) is 46.5 Å². The van der Waals surface area contributed by atoms with Crippen molar-refractivity contribution < 1.29 is 14.3 Å². The molecule has 0 N–H and O–H groups in total. The van der Waals surface area contributed by atoms with E-state index in [0.29, 0.717) is 29.0 Å². The predicted molar refractivity (Wildman–Crippen MR) is 58.1 cm³/mol. The van der Waals surface area contributed by atoms with Gasteiger partial charge < -0.3 is 4.74 Å². The van der Waals surface area contributed by atoms with Crippen LogP contribution in [-0.2, 0) is 16.0 Å². The minimum atomic E-state index is -0.419. The standard InChI is InChI=1S/C12H12NO3/c1-2-16-12(14)10-7-9-5-3-4-6-11(9)13(15)8-10/h3-6,8H,2,7H2,1H3/q+1. The van der Waals surface area contributed by atoms with E-state index in [1.165, 1.54) is 6.20 Å². The molecule has 1 heterocycles. The minimum Gasteiger partial charge on any atom is -0.462 e. The van der Waals surface area contributed by atoms with E-state index < -0.39 is 5.97 Å². The molecule has 16 heavy (non-hydrogen) atoms. The van der Waals surface area contributed by atoms with Gasteiger partial charge in [0.25, 0.3) is 5.69 Å². The Bertz CT molecular complexity index is 477. The van der Waals surface area contributed by atoms with Crippen molar-refractivity contribution in [3.63, 3.8) is 0 Å². The lowest BCUT2D eigenvalue weighted by atomic mass is 10.0. The fourth-order valence-corrected chi connectivity index (χ4v) is 1.69. The molecule has 0 aliphatic carbocycles. The Kier molecular flexibility index (Phi) is 2.81. The third kappa shape index (κ3) is 1.86. The van der Waals surface area contributed by atoms with E-state index in [9.17, 15) is 9.70 Å². The molecule has 0 saturated heterocycles. The second kappa shape index (κ2) is 4.26. The summed E-state index contributed by atoms with van der Waals surface area (Å²) in [5.74, 6) is -0.419. The van der Waals surface area contributed by atoms with Crippen LogP contribution in [0.4, 0.5) is 5.69 Å². The average molecular weight is 218 g/mol. The summed E-state index contributed by atoms with van der Waals surface area (Å²) in [7, 11) is 0. The Hall–Kier alpha value is -1.97. The minimum absolute atomic E-state index is 0.316. The molecule has 0 aromatic heterocycles. The molecule has 1 aromatic rings. The van der Waals surface area contributed by atoms with Crippen molar-refractivity contribution in [2.45, 2.75) is 13.3 Å². The normalized spacial score (nSPS) is 14.1. The van der Waals surface area contributed by atoms with Gasteiger partial charge in [0.1, 0.15) is 5.57 Å². The number of nitrogens with zero attached hydrogens (tertiary/aromatic N) is 1. The van der Waals surface area contributed by atoms with E-state index in [-0.39, 0.29) is 0 Å². The summed E-state index contributed by atoms with van der Waals surface area (Å²) >= 11 is 0. The number of ether oxygens (including phenoxy) is 1. The van der Waals surface area contributed by atoms with Crippen LogP contribution in [0.1, 0.15) is 12.5 Å². The fraction of sp³-hybridized carbons (Fsp3) is 0.250. The molecule has 4 heteroatoms. The fourth-order valence-electron chi connectivity index (χ4n) is 1.69. The van der Waals surface area contributed by atoms with Gasteiger partial charge in [-0.05, 0) is 6.92 Å². The lowest BCUT2D eigenvalue weighted by molar-refractivity contribution is -0.388. The van der Waals surface area contributed by atoms with Crippen LogP contribution in [0.15, 0.2) is 36.0 Å². The van der Waals surface area contributed by atoms with Crippen molar-refractivity contribution in [2.75, 3.05) is 6.61 Å². The van der Waals surface area contributed by atoms with Crippen LogP contribution < -0.4 is 0 Å². The lowest BCUT2D eigenvalue weighted by Crippen LogP contribution is -2.15. The number of fused-ring (bicyclic) bond motifs is 1. The van der Waals surface area contributed by atoms with Crippen LogP contribution in [-0.4, -0.2) is 17.3 Å². The number of hydrogen-bond acceptors (Lipinski definition) is 3. The van der Waals surface area contributed by atoms with Crippen LogP contribution in [0.25, 0.3) is 0 Å². The van der Waals surface area contributed by atoms with Gasteiger partial charge in [0.15, 0.2) is 0 Å². The molecule has 0 radical (unpaired) electrons. The van der Waals surface area contributed by atoms with E-state index in [0.717, 1.165) is 5.56 Å². The van der Waals surface area contributed by atoms with Gasteiger partial charge in [0.05, 0.1) is 11.4 Å².